The number of carbonyl (C=O) groups excluding carboxylic acids is 2. The molecule has 0 fully saturated rings. The first-order valence-corrected chi connectivity index (χ1v) is 8.68. The largest absolute Gasteiger partial charge is 0.378 e. The third kappa shape index (κ3) is 5.52. The number of nitrogens with two attached hydrogens (primary N) is 1. The molecule has 2 rings (SSSR count). The van der Waals surface area contributed by atoms with Gasteiger partial charge in [-0.15, -0.1) is 0 Å². The van der Waals surface area contributed by atoms with E-state index in [1.807, 2.05) is 0 Å². The summed E-state index contributed by atoms with van der Waals surface area (Å²) in [5.41, 5.74) is 4.49. The number of hydrogen-bond donors (Lipinski definition) is 2. The zero-order chi connectivity index (χ0) is 20.9. The van der Waals surface area contributed by atoms with Gasteiger partial charge in [-0.3, -0.25) is 9.59 Å². The van der Waals surface area contributed by atoms with Crippen molar-refractivity contribution in [2.75, 3.05) is 13.6 Å². The summed E-state index contributed by atoms with van der Waals surface area (Å²) in [7, 11) is 1.61. The van der Waals surface area contributed by atoms with Gasteiger partial charge in [0.2, 0.25) is 6.41 Å². The van der Waals surface area contributed by atoms with Crippen LogP contribution in [0.3, 0.4) is 0 Å². The van der Waals surface area contributed by atoms with Gasteiger partial charge in [-0.05, 0) is 25.1 Å². The average Bonchev–Trinajstić information content (AvgIpc) is 2.64. The van der Waals surface area contributed by atoms with E-state index in [0.717, 1.165) is 6.07 Å². The monoisotopic (exact) mass is 403 g/mol. The smallest absolute Gasteiger partial charge is 0.268 e. The molecule has 0 spiro atoms. The van der Waals surface area contributed by atoms with Crippen LogP contribution in [0.1, 0.15) is 29.4 Å². The van der Waals surface area contributed by atoms with Crippen LogP contribution in [-0.2, 0) is 4.79 Å². The highest BCUT2D eigenvalue weighted by Crippen LogP contribution is 2.26. The van der Waals surface area contributed by atoms with Crippen molar-refractivity contribution in [3.63, 3.8) is 0 Å². The Kier molecular flexibility index (Phi) is 6.73. The highest BCUT2D eigenvalue weighted by molar-refractivity contribution is 6.33. The number of halogens is 2. The second-order valence-corrected chi connectivity index (χ2v) is 6.86. The predicted molar refractivity (Wildman–Crippen MR) is 104 cm³/mol. The molecule has 28 heavy (non-hydrogen) atoms. The lowest BCUT2D eigenvalue weighted by molar-refractivity contribution is -0.117. The molecule has 1 heterocycles. The van der Waals surface area contributed by atoms with E-state index in [-0.39, 0.29) is 22.8 Å². The molecule has 0 saturated carbocycles. The summed E-state index contributed by atoms with van der Waals surface area (Å²) in [5.74, 6) is 4.00. The Morgan fingerprint density at radius 1 is 1.46 bits per heavy atom. The molecule has 1 unspecified atom stereocenters. The Balaban J connectivity index is 2.33. The Labute approximate surface area is 167 Å². The van der Waals surface area contributed by atoms with Crippen LogP contribution in [0.2, 0.25) is 5.02 Å². The molecule has 146 valence electrons. The minimum absolute atomic E-state index is 0.0822. The number of benzene rings is 1. The van der Waals surface area contributed by atoms with Crippen LogP contribution >= 0.6 is 11.6 Å². The summed E-state index contributed by atoms with van der Waals surface area (Å²) >= 11 is 5.80. The first-order chi connectivity index (χ1) is 13.1. The summed E-state index contributed by atoms with van der Waals surface area (Å²) in [6.07, 6.45) is 0.936. The van der Waals surface area contributed by atoms with E-state index in [9.17, 15) is 19.1 Å². The third-order valence-electron chi connectivity index (χ3n) is 3.91. The van der Waals surface area contributed by atoms with Crippen LogP contribution in [0.4, 0.5) is 4.39 Å². The lowest BCUT2D eigenvalue weighted by Gasteiger charge is -2.19. The molecule has 0 aliphatic heterocycles. The fourth-order valence-corrected chi connectivity index (χ4v) is 2.53. The van der Waals surface area contributed by atoms with Crippen LogP contribution < -0.4 is 5.73 Å². The average molecular weight is 404 g/mol. The second kappa shape index (κ2) is 8.83. The molecule has 3 N–H and O–H groups in total. The quantitative estimate of drug-likeness (QED) is 0.571. The van der Waals surface area contributed by atoms with Crippen molar-refractivity contribution in [2.24, 2.45) is 5.73 Å². The number of primary amides is 1. The van der Waals surface area contributed by atoms with Crippen molar-refractivity contribution in [2.45, 2.75) is 18.9 Å². The molecule has 1 aromatic carbocycles. The maximum Gasteiger partial charge on any atom is 0.268 e. The predicted octanol–water partition coefficient (Wildman–Crippen LogP) is 2.22. The van der Waals surface area contributed by atoms with Crippen LogP contribution in [-0.4, -0.2) is 46.5 Å². The molecule has 1 aromatic heterocycles. The maximum atomic E-state index is 14.3. The molecular formula is C20H19ClFN3O3. The molecular weight excluding hydrogens is 385 g/mol. The van der Waals surface area contributed by atoms with Gasteiger partial charge in [-0.25, -0.2) is 9.37 Å². The molecule has 2 aromatic rings. The van der Waals surface area contributed by atoms with E-state index in [2.05, 4.69) is 16.8 Å². The first kappa shape index (κ1) is 21.4. The van der Waals surface area contributed by atoms with E-state index in [0.29, 0.717) is 24.1 Å². The topological polar surface area (TPSA) is 96.5 Å². The zero-order valence-corrected chi connectivity index (χ0v) is 16.1. The molecule has 0 bridgehead atoms. The van der Waals surface area contributed by atoms with Crippen molar-refractivity contribution in [1.82, 2.24) is 9.88 Å². The van der Waals surface area contributed by atoms with Crippen molar-refractivity contribution >= 4 is 23.9 Å². The van der Waals surface area contributed by atoms with Crippen molar-refractivity contribution in [3.8, 4) is 23.1 Å². The van der Waals surface area contributed by atoms with Gasteiger partial charge in [-0.2, -0.15) is 0 Å². The molecule has 8 heteroatoms. The number of aromatic nitrogens is 1. The van der Waals surface area contributed by atoms with Crippen LogP contribution in [0.15, 0.2) is 30.3 Å². The van der Waals surface area contributed by atoms with Gasteiger partial charge in [0, 0.05) is 31.1 Å². The van der Waals surface area contributed by atoms with Gasteiger partial charge in [-0.1, -0.05) is 35.6 Å². The van der Waals surface area contributed by atoms with E-state index in [1.165, 1.54) is 4.90 Å². The fourth-order valence-electron chi connectivity index (χ4n) is 2.30. The third-order valence-corrected chi connectivity index (χ3v) is 4.19. The van der Waals surface area contributed by atoms with Gasteiger partial charge in [0.1, 0.15) is 17.0 Å². The molecule has 2 amide bonds. The van der Waals surface area contributed by atoms with Gasteiger partial charge < -0.3 is 15.7 Å². The van der Waals surface area contributed by atoms with Crippen LogP contribution in [0, 0.1) is 17.7 Å². The highest BCUT2D eigenvalue weighted by Gasteiger charge is 2.18. The molecule has 0 radical (unpaired) electrons. The normalized spacial score (nSPS) is 12.5. The van der Waals surface area contributed by atoms with Crippen LogP contribution in [0.5, 0.6) is 0 Å². The Morgan fingerprint density at radius 3 is 2.82 bits per heavy atom. The SMILES string of the molecule is CN(C=O)CCC(C)(O)C#Cc1cccc(-c2nc(C(N)=O)c(Cl)cc2F)c1. The number of carbonyl (C=O) groups is 2. The van der Waals surface area contributed by atoms with Gasteiger partial charge in [0.15, 0.2) is 5.82 Å². The van der Waals surface area contributed by atoms with Gasteiger partial charge in [0.25, 0.3) is 5.91 Å². The van der Waals surface area contributed by atoms with E-state index in [1.54, 1.807) is 38.2 Å². The molecule has 0 saturated heterocycles. The summed E-state index contributed by atoms with van der Waals surface area (Å²) in [5, 5.41) is 10.2. The van der Waals surface area contributed by atoms with Crippen molar-refractivity contribution in [1.29, 1.82) is 0 Å². The minimum Gasteiger partial charge on any atom is -0.378 e. The molecule has 0 aliphatic carbocycles. The Bertz CT molecular complexity index is 967. The molecule has 0 aliphatic rings. The first-order valence-electron chi connectivity index (χ1n) is 8.30. The number of hydrogen-bond acceptors (Lipinski definition) is 4. The molecule has 1 atom stereocenters. The summed E-state index contributed by atoms with van der Waals surface area (Å²) < 4.78 is 14.3. The number of nitrogens with zero attached hydrogens (tertiary/aromatic N) is 2. The Hall–Kier alpha value is -2.95. The van der Waals surface area contributed by atoms with Crippen molar-refractivity contribution < 1.29 is 19.1 Å². The lowest BCUT2D eigenvalue weighted by Crippen LogP contribution is -2.29. The van der Waals surface area contributed by atoms with Crippen molar-refractivity contribution in [3.05, 3.63) is 52.4 Å². The lowest BCUT2D eigenvalue weighted by atomic mass is 10.0. The standard InChI is InChI=1S/C20H19ClFN3O3/c1-20(28,8-9-25(2)12-26)7-6-13-4-3-5-14(10-13)17-16(22)11-15(21)18(24-17)19(23)27/h3-5,10-12,28H,8-9H2,1-2H3,(H2,23,27). The summed E-state index contributed by atoms with van der Waals surface area (Å²) in [4.78, 5) is 27.4. The maximum absolute atomic E-state index is 14.3. The zero-order valence-electron chi connectivity index (χ0n) is 15.4. The van der Waals surface area contributed by atoms with Gasteiger partial charge in [0.05, 0.1) is 5.02 Å². The number of amides is 2. The Morgan fingerprint density at radius 2 is 2.18 bits per heavy atom. The highest BCUT2D eigenvalue weighted by atomic mass is 35.5. The number of pyridine rings is 1. The molecule has 6 nitrogen and oxygen atoms in total. The van der Waals surface area contributed by atoms with E-state index < -0.39 is 17.3 Å². The number of aliphatic hydroxyl groups is 1. The second-order valence-electron chi connectivity index (χ2n) is 6.45. The van der Waals surface area contributed by atoms with E-state index in [4.69, 9.17) is 17.3 Å². The fraction of sp³-hybridized carbons (Fsp3) is 0.250. The van der Waals surface area contributed by atoms with E-state index >= 15 is 0 Å². The summed E-state index contributed by atoms with van der Waals surface area (Å²) in [6, 6.07) is 7.49. The number of rotatable bonds is 6. The summed E-state index contributed by atoms with van der Waals surface area (Å²) in [6.45, 7) is 1.89. The van der Waals surface area contributed by atoms with Gasteiger partial charge >= 0.3 is 0 Å². The minimum atomic E-state index is -1.31. The van der Waals surface area contributed by atoms with Crippen LogP contribution in [0.25, 0.3) is 11.3 Å².